The number of hydrogen-bond acceptors (Lipinski definition) is 3. The third-order valence-corrected chi connectivity index (χ3v) is 4.59. The minimum Gasteiger partial charge on any atom is -0.496 e. The largest absolute Gasteiger partial charge is 0.496 e. The summed E-state index contributed by atoms with van der Waals surface area (Å²) in [6, 6.07) is 23.0. The normalized spacial score (nSPS) is 14.8. The number of para-hydroxylation sites is 1. The molecular formula is C22H18O3. The minimum absolute atomic E-state index is 0.0937. The van der Waals surface area contributed by atoms with E-state index in [4.69, 9.17) is 9.47 Å². The highest BCUT2D eigenvalue weighted by Gasteiger charge is 2.31. The zero-order valence-electron chi connectivity index (χ0n) is 13.9. The first-order valence-electron chi connectivity index (χ1n) is 8.30. The van der Waals surface area contributed by atoms with Crippen molar-refractivity contribution in [3.63, 3.8) is 0 Å². The number of ether oxygens (including phenoxy) is 2. The van der Waals surface area contributed by atoms with Gasteiger partial charge in [-0.15, -0.1) is 0 Å². The summed E-state index contributed by atoms with van der Waals surface area (Å²) in [5.41, 5.74) is 2.68. The molecule has 1 heterocycles. The number of Topliss-reactive ketones (excluding diaryl/α,β-unsaturated/α-hetero) is 1. The van der Waals surface area contributed by atoms with Gasteiger partial charge in [-0.05, 0) is 18.2 Å². The lowest BCUT2D eigenvalue weighted by Gasteiger charge is -2.29. The molecule has 0 fully saturated rings. The molecule has 25 heavy (non-hydrogen) atoms. The number of hydrogen-bond donors (Lipinski definition) is 0. The Morgan fingerprint density at radius 2 is 1.64 bits per heavy atom. The van der Waals surface area contributed by atoms with Crippen LogP contribution in [0.5, 0.6) is 17.2 Å². The summed E-state index contributed by atoms with van der Waals surface area (Å²) in [6.07, 6.45) is 0.373. The molecule has 1 aliphatic heterocycles. The van der Waals surface area contributed by atoms with Crippen molar-refractivity contribution in [1.29, 1.82) is 0 Å². The van der Waals surface area contributed by atoms with E-state index in [-0.39, 0.29) is 11.7 Å². The fourth-order valence-electron chi connectivity index (χ4n) is 3.41. The van der Waals surface area contributed by atoms with Gasteiger partial charge in [0.15, 0.2) is 5.78 Å². The van der Waals surface area contributed by atoms with Crippen LogP contribution in [0.2, 0.25) is 0 Å². The fourth-order valence-corrected chi connectivity index (χ4v) is 3.41. The Hall–Kier alpha value is -3.07. The van der Waals surface area contributed by atoms with Gasteiger partial charge in [0.2, 0.25) is 0 Å². The molecule has 4 rings (SSSR count). The first kappa shape index (κ1) is 15.5. The summed E-state index contributed by atoms with van der Waals surface area (Å²) < 4.78 is 11.6. The smallest absolute Gasteiger partial charge is 0.163 e. The average molecular weight is 330 g/mol. The highest BCUT2D eigenvalue weighted by Crippen LogP contribution is 2.49. The number of rotatable bonds is 4. The third kappa shape index (κ3) is 2.78. The van der Waals surface area contributed by atoms with Gasteiger partial charge < -0.3 is 9.47 Å². The predicted octanol–water partition coefficient (Wildman–Crippen LogP) is 5.21. The number of methoxy groups -OCH3 is 1. The van der Waals surface area contributed by atoms with E-state index in [1.807, 2.05) is 72.8 Å². The molecule has 3 heteroatoms. The number of fused-ring (bicyclic) bond motifs is 2. The molecule has 0 spiro atoms. The highest BCUT2D eigenvalue weighted by molar-refractivity contribution is 5.97. The van der Waals surface area contributed by atoms with Gasteiger partial charge in [0, 0.05) is 29.0 Å². The van der Waals surface area contributed by atoms with Crippen LogP contribution in [0.15, 0.2) is 72.8 Å². The van der Waals surface area contributed by atoms with Crippen molar-refractivity contribution in [2.75, 3.05) is 7.11 Å². The van der Waals surface area contributed by atoms with E-state index >= 15 is 0 Å². The van der Waals surface area contributed by atoms with Crippen molar-refractivity contribution in [3.8, 4) is 17.2 Å². The van der Waals surface area contributed by atoms with E-state index < -0.39 is 0 Å². The van der Waals surface area contributed by atoms with Gasteiger partial charge in [0.1, 0.15) is 17.2 Å². The SMILES string of the molecule is COc1cccc2c1C(CC(=O)c1ccccc1)c1ccccc1O2. The predicted molar refractivity (Wildman–Crippen MR) is 96.7 cm³/mol. The third-order valence-electron chi connectivity index (χ3n) is 4.59. The molecule has 3 aromatic rings. The maximum absolute atomic E-state index is 12.9. The standard InChI is InChI=1S/C22H18O3/c1-24-20-12-7-13-21-22(20)17(16-10-5-6-11-19(16)25-21)14-18(23)15-8-3-2-4-9-15/h2-13,17H,14H2,1H3. The monoisotopic (exact) mass is 330 g/mol. The van der Waals surface area contributed by atoms with Crippen LogP contribution in [0, 0.1) is 0 Å². The minimum atomic E-state index is -0.0937. The quantitative estimate of drug-likeness (QED) is 0.616. The number of ketones is 1. The van der Waals surface area contributed by atoms with Crippen molar-refractivity contribution in [2.45, 2.75) is 12.3 Å². The molecule has 0 N–H and O–H groups in total. The lowest BCUT2D eigenvalue weighted by atomic mass is 9.83. The maximum Gasteiger partial charge on any atom is 0.163 e. The molecule has 0 amide bonds. The van der Waals surface area contributed by atoms with Crippen molar-refractivity contribution in [3.05, 3.63) is 89.5 Å². The maximum atomic E-state index is 12.9. The summed E-state index contributed by atoms with van der Waals surface area (Å²) in [5, 5.41) is 0. The average Bonchev–Trinajstić information content (AvgIpc) is 2.67. The van der Waals surface area contributed by atoms with Gasteiger partial charge in [-0.1, -0.05) is 54.6 Å². The van der Waals surface area contributed by atoms with E-state index in [2.05, 4.69) is 0 Å². The van der Waals surface area contributed by atoms with Crippen molar-refractivity contribution >= 4 is 5.78 Å². The molecule has 0 bridgehead atoms. The number of carbonyl (C=O) groups is 1. The zero-order chi connectivity index (χ0) is 17.2. The van der Waals surface area contributed by atoms with Crippen molar-refractivity contribution < 1.29 is 14.3 Å². The Labute approximate surface area is 146 Å². The van der Waals surface area contributed by atoms with E-state index in [0.29, 0.717) is 6.42 Å². The molecule has 0 radical (unpaired) electrons. The topological polar surface area (TPSA) is 35.5 Å². The van der Waals surface area contributed by atoms with Gasteiger partial charge in [-0.25, -0.2) is 0 Å². The van der Waals surface area contributed by atoms with Crippen LogP contribution in [-0.4, -0.2) is 12.9 Å². The Kier molecular flexibility index (Phi) is 3.98. The molecule has 1 unspecified atom stereocenters. The van der Waals surface area contributed by atoms with Gasteiger partial charge in [-0.3, -0.25) is 4.79 Å². The molecular weight excluding hydrogens is 312 g/mol. The van der Waals surface area contributed by atoms with Gasteiger partial charge in [0.25, 0.3) is 0 Å². The second kappa shape index (κ2) is 6.44. The molecule has 124 valence electrons. The molecule has 3 aromatic carbocycles. The summed E-state index contributed by atoms with van der Waals surface area (Å²) >= 11 is 0. The molecule has 0 saturated carbocycles. The Morgan fingerprint density at radius 1 is 0.920 bits per heavy atom. The summed E-state index contributed by atoms with van der Waals surface area (Å²) in [4.78, 5) is 12.9. The van der Waals surface area contributed by atoms with Crippen molar-refractivity contribution in [2.24, 2.45) is 0 Å². The summed E-state index contributed by atoms with van der Waals surface area (Å²) in [7, 11) is 1.65. The van der Waals surface area contributed by atoms with Gasteiger partial charge >= 0.3 is 0 Å². The molecule has 0 aromatic heterocycles. The van der Waals surface area contributed by atoms with Crippen LogP contribution < -0.4 is 9.47 Å². The molecule has 3 nitrogen and oxygen atoms in total. The first-order chi connectivity index (χ1) is 12.3. The zero-order valence-corrected chi connectivity index (χ0v) is 13.9. The number of benzene rings is 3. The van der Waals surface area contributed by atoms with Crippen LogP contribution in [-0.2, 0) is 0 Å². The van der Waals surface area contributed by atoms with E-state index in [9.17, 15) is 4.79 Å². The van der Waals surface area contributed by atoms with Crippen LogP contribution in [0.4, 0.5) is 0 Å². The fraction of sp³-hybridized carbons (Fsp3) is 0.136. The Balaban J connectivity index is 1.80. The van der Waals surface area contributed by atoms with Crippen LogP contribution >= 0.6 is 0 Å². The second-order valence-corrected chi connectivity index (χ2v) is 6.06. The van der Waals surface area contributed by atoms with E-state index in [1.54, 1.807) is 7.11 Å². The lowest BCUT2D eigenvalue weighted by molar-refractivity contribution is 0.0976. The number of carbonyl (C=O) groups excluding carboxylic acids is 1. The first-order valence-corrected chi connectivity index (χ1v) is 8.30. The highest BCUT2D eigenvalue weighted by atomic mass is 16.5. The van der Waals surface area contributed by atoms with E-state index in [0.717, 1.165) is 33.9 Å². The molecule has 1 atom stereocenters. The van der Waals surface area contributed by atoms with E-state index in [1.165, 1.54) is 0 Å². The summed E-state index contributed by atoms with van der Waals surface area (Å²) in [5.74, 6) is 2.32. The van der Waals surface area contributed by atoms with Crippen LogP contribution in [0.1, 0.15) is 33.8 Å². The molecule has 1 aliphatic rings. The van der Waals surface area contributed by atoms with Crippen molar-refractivity contribution in [1.82, 2.24) is 0 Å². The summed E-state index contributed by atoms with van der Waals surface area (Å²) in [6.45, 7) is 0. The lowest BCUT2D eigenvalue weighted by Crippen LogP contribution is -2.15. The Morgan fingerprint density at radius 3 is 2.44 bits per heavy atom. The Bertz CT molecular complexity index is 916. The van der Waals surface area contributed by atoms with Gasteiger partial charge in [-0.2, -0.15) is 0 Å². The molecule has 0 aliphatic carbocycles. The second-order valence-electron chi connectivity index (χ2n) is 6.06. The van der Waals surface area contributed by atoms with Crippen LogP contribution in [0.3, 0.4) is 0 Å². The van der Waals surface area contributed by atoms with Crippen LogP contribution in [0.25, 0.3) is 0 Å². The van der Waals surface area contributed by atoms with Gasteiger partial charge in [0.05, 0.1) is 7.11 Å². The molecule has 0 saturated heterocycles.